The van der Waals surface area contributed by atoms with E-state index >= 15 is 0 Å². The summed E-state index contributed by atoms with van der Waals surface area (Å²) in [5.74, 6) is 0.695. The number of fused-ring (bicyclic) bond motifs is 1. The van der Waals surface area contributed by atoms with Crippen molar-refractivity contribution in [2.24, 2.45) is 0 Å². The zero-order valence-corrected chi connectivity index (χ0v) is 11.8. The lowest BCUT2D eigenvalue weighted by Crippen LogP contribution is -2.44. The molecule has 1 heterocycles. The van der Waals surface area contributed by atoms with Crippen LogP contribution in [0.15, 0.2) is 36.4 Å². The molecule has 1 aliphatic rings. The van der Waals surface area contributed by atoms with Crippen LogP contribution in [0.3, 0.4) is 0 Å². The third-order valence-corrected chi connectivity index (χ3v) is 4.63. The highest BCUT2D eigenvalue weighted by atomic mass is 35.5. The number of alkyl halides is 1. The molecule has 1 aromatic heterocycles. The van der Waals surface area contributed by atoms with Crippen molar-refractivity contribution in [1.82, 2.24) is 10.3 Å². The van der Waals surface area contributed by atoms with Gasteiger partial charge in [-0.3, -0.25) is 4.98 Å². The molecule has 19 heavy (non-hydrogen) atoms. The van der Waals surface area contributed by atoms with E-state index in [1.54, 1.807) is 0 Å². The summed E-state index contributed by atoms with van der Waals surface area (Å²) in [6, 6.07) is 12.5. The van der Waals surface area contributed by atoms with Gasteiger partial charge in [0.1, 0.15) is 0 Å². The summed E-state index contributed by atoms with van der Waals surface area (Å²) in [4.78, 5) is 4.70. The van der Waals surface area contributed by atoms with Crippen molar-refractivity contribution in [3.8, 4) is 0 Å². The van der Waals surface area contributed by atoms with Gasteiger partial charge in [-0.1, -0.05) is 37.1 Å². The van der Waals surface area contributed by atoms with Crippen LogP contribution in [0.4, 0.5) is 0 Å². The van der Waals surface area contributed by atoms with Gasteiger partial charge in [-0.2, -0.15) is 0 Å². The number of hydrogen-bond donors (Lipinski definition) is 1. The largest absolute Gasteiger partial charge is 0.304 e. The first-order valence-corrected chi connectivity index (χ1v) is 7.50. The van der Waals surface area contributed by atoms with E-state index in [1.165, 1.54) is 31.1 Å². The van der Waals surface area contributed by atoms with E-state index in [4.69, 9.17) is 16.6 Å². The highest BCUT2D eigenvalue weighted by Gasteiger charge is 2.32. The van der Waals surface area contributed by atoms with E-state index in [1.807, 2.05) is 12.1 Å². The Labute approximate surface area is 119 Å². The summed E-state index contributed by atoms with van der Waals surface area (Å²) in [6.07, 6.45) is 4.93. The monoisotopic (exact) mass is 274 g/mol. The Bertz CT molecular complexity index is 561. The topological polar surface area (TPSA) is 24.9 Å². The van der Waals surface area contributed by atoms with Gasteiger partial charge in [0.05, 0.1) is 11.2 Å². The molecule has 0 bridgehead atoms. The SMILES string of the molecule is ClCC1(NCc2ccc3ccccc3n2)CCCC1. The average molecular weight is 275 g/mol. The smallest absolute Gasteiger partial charge is 0.0705 e. The van der Waals surface area contributed by atoms with Gasteiger partial charge in [0.25, 0.3) is 0 Å². The Hall–Kier alpha value is -1.12. The first kappa shape index (κ1) is 12.9. The predicted octanol–water partition coefficient (Wildman–Crippen LogP) is 3.88. The van der Waals surface area contributed by atoms with Crippen molar-refractivity contribution in [3.05, 3.63) is 42.1 Å². The molecule has 0 aliphatic heterocycles. The van der Waals surface area contributed by atoms with Crippen LogP contribution in [-0.4, -0.2) is 16.4 Å². The van der Waals surface area contributed by atoms with Gasteiger partial charge in [0.15, 0.2) is 0 Å². The zero-order chi connectivity index (χ0) is 13.1. The number of para-hydroxylation sites is 1. The van der Waals surface area contributed by atoms with Gasteiger partial charge in [0.2, 0.25) is 0 Å². The first-order chi connectivity index (χ1) is 9.31. The lowest BCUT2D eigenvalue weighted by atomic mass is 10.0. The normalized spacial score (nSPS) is 17.9. The maximum atomic E-state index is 6.14. The first-order valence-electron chi connectivity index (χ1n) is 6.97. The molecular weight excluding hydrogens is 256 g/mol. The molecule has 1 aliphatic carbocycles. The fourth-order valence-corrected chi connectivity index (χ4v) is 3.26. The van der Waals surface area contributed by atoms with Crippen molar-refractivity contribution in [1.29, 1.82) is 0 Å². The van der Waals surface area contributed by atoms with Crippen LogP contribution in [0.25, 0.3) is 10.9 Å². The molecule has 0 radical (unpaired) electrons. The third kappa shape index (κ3) is 2.75. The van der Waals surface area contributed by atoms with Gasteiger partial charge in [-0.15, -0.1) is 11.6 Å². The number of aromatic nitrogens is 1. The van der Waals surface area contributed by atoms with Crippen LogP contribution in [0.1, 0.15) is 31.4 Å². The van der Waals surface area contributed by atoms with Crippen LogP contribution in [0, 0.1) is 0 Å². The van der Waals surface area contributed by atoms with Crippen LogP contribution >= 0.6 is 11.6 Å². The lowest BCUT2D eigenvalue weighted by Gasteiger charge is -2.27. The number of halogens is 1. The molecule has 0 amide bonds. The number of nitrogens with zero attached hydrogens (tertiary/aromatic N) is 1. The molecule has 1 fully saturated rings. The summed E-state index contributed by atoms with van der Waals surface area (Å²) in [6.45, 7) is 0.803. The fourth-order valence-electron chi connectivity index (χ4n) is 2.89. The minimum absolute atomic E-state index is 0.134. The highest BCUT2D eigenvalue weighted by Crippen LogP contribution is 2.31. The van der Waals surface area contributed by atoms with E-state index < -0.39 is 0 Å². The standard InChI is InChI=1S/C16H19ClN2/c17-12-16(9-3-4-10-16)18-11-14-8-7-13-5-1-2-6-15(13)19-14/h1-2,5-8,18H,3-4,9-12H2. The second-order valence-corrected chi connectivity index (χ2v) is 5.74. The number of nitrogens with one attached hydrogen (secondary N) is 1. The van der Waals surface area contributed by atoms with Crippen LogP contribution in [0.2, 0.25) is 0 Å². The quantitative estimate of drug-likeness (QED) is 0.856. The number of rotatable bonds is 4. The van der Waals surface area contributed by atoms with Crippen LogP contribution in [0.5, 0.6) is 0 Å². The summed E-state index contributed by atoms with van der Waals surface area (Å²) < 4.78 is 0. The van der Waals surface area contributed by atoms with E-state index in [-0.39, 0.29) is 5.54 Å². The molecule has 1 aromatic carbocycles. The molecule has 1 N–H and O–H groups in total. The molecule has 3 heteroatoms. The van der Waals surface area contributed by atoms with Crippen LogP contribution in [-0.2, 0) is 6.54 Å². The van der Waals surface area contributed by atoms with Gasteiger partial charge in [0, 0.05) is 23.3 Å². The van der Waals surface area contributed by atoms with Crippen molar-refractivity contribution < 1.29 is 0 Å². The molecule has 0 atom stereocenters. The van der Waals surface area contributed by atoms with Crippen molar-refractivity contribution in [2.45, 2.75) is 37.8 Å². The Balaban J connectivity index is 1.74. The molecular formula is C16H19ClN2. The van der Waals surface area contributed by atoms with E-state index in [9.17, 15) is 0 Å². The fraction of sp³-hybridized carbons (Fsp3) is 0.438. The predicted molar refractivity (Wildman–Crippen MR) is 80.5 cm³/mol. The molecule has 2 nitrogen and oxygen atoms in total. The molecule has 100 valence electrons. The summed E-state index contributed by atoms with van der Waals surface area (Å²) in [5, 5.41) is 4.83. The lowest BCUT2D eigenvalue weighted by molar-refractivity contribution is 0.366. The van der Waals surface area contributed by atoms with Gasteiger partial charge >= 0.3 is 0 Å². The molecule has 0 unspecified atom stereocenters. The van der Waals surface area contributed by atoms with Crippen LogP contribution < -0.4 is 5.32 Å². The minimum Gasteiger partial charge on any atom is -0.304 e. The minimum atomic E-state index is 0.134. The van der Waals surface area contributed by atoms with Crippen molar-refractivity contribution in [2.75, 3.05) is 5.88 Å². The van der Waals surface area contributed by atoms with E-state index in [0.717, 1.165) is 17.8 Å². The summed E-state index contributed by atoms with van der Waals surface area (Å²) >= 11 is 6.14. The molecule has 0 spiro atoms. The maximum absolute atomic E-state index is 6.14. The maximum Gasteiger partial charge on any atom is 0.0705 e. The number of benzene rings is 1. The molecule has 1 saturated carbocycles. The Kier molecular flexibility index (Phi) is 3.72. The van der Waals surface area contributed by atoms with Crippen molar-refractivity contribution in [3.63, 3.8) is 0 Å². The summed E-state index contributed by atoms with van der Waals surface area (Å²) in [5.41, 5.74) is 2.29. The van der Waals surface area contributed by atoms with Gasteiger partial charge in [-0.05, 0) is 25.0 Å². The molecule has 0 saturated heterocycles. The van der Waals surface area contributed by atoms with Crippen molar-refractivity contribution >= 4 is 22.5 Å². The highest BCUT2D eigenvalue weighted by molar-refractivity contribution is 6.18. The Morgan fingerprint density at radius 2 is 1.89 bits per heavy atom. The van der Waals surface area contributed by atoms with E-state index in [0.29, 0.717) is 5.88 Å². The number of pyridine rings is 1. The van der Waals surface area contributed by atoms with Gasteiger partial charge in [-0.25, -0.2) is 0 Å². The summed E-state index contributed by atoms with van der Waals surface area (Å²) in [7, 11) is 0. The molecule has 3 rings (SSSR count). The van der Waals surface area contributed by atoms with E-state index in [2.05, 4.69) is 29.6 Å². The van der Waals surface area contributed by atoms with Gasteiger partial charge < -0.3 is 5.32 Å². The second-order valence-electron chi connectivity index (χ2n) is 5.47. The number of hydrogen-bond acceptors (Lipinski definition) is 2. The third-order valence-electron chi connectivity index (χ3n) is 4.12. The second kappa shape index (κ2) is 5.48. The average Bonchev–Trinajstić information content (AvgIpc) is 2.94. The zero-order valence-electron chi connectivity index (χ0n) is 11.0. The molecule has 2 aromatic rings. The Morgan fingerprint density at radius 1 is 1.11 bits per heavy atom. The Morgan fingerprint density at radius 3 is 2.68 bits per heavy atom.